The summed E-state index contributed by atoms with van der Waals surface area (Å²) in [7, 11) is 1.69. The Labute approximate surface area is 127 Å². The zero-order valence-electron chi connectivity index (χ0n) is 11.9. The largest absolute Gasteiger partial charge is 0.274 e. The van der Waals surface area contributed by atoms with Crippen molar-refractivity contribution in [1.82, 2.24) is 9.78 Å². The molecule has 1 heterocycles. The van der Waals surface area contributed by atoms with Gasteiger partial charge >= 0.3 is 0 Å². The van der Waals surface area contributed by atoms with Crippen molar-refractivity contribution in [2.75, 3.05) is 0 Å². The zero-order valence-corrected chi connectivity index (χ0v) is 12.7. The standard InChI is InChI=1S/C17H15ClN2O/c1-11-3-8-14-15(9-11)16(19-20(2)17(14)21)10-12-4-6-13(18)7-5-12/h3-9H,10H2,1-2H3. The monoisotopic (exact) mass is 298 g/mol. The molecule has 3 aromatic rings. The second-order valence-electron chi connectivity index (χ2n) is 5.23. The van der Waals surface area contributed by atoms with Crippen LogP contribution in [-0.2, 0) is 13.5 Å². The van der Waals surface area contributed by atoms with E-state index in [0.717, 1.165) is 22.2 Å². The van der Waals surface area contributed by atoms with E-state index in [9.17, 15) is 4.79 Å². The van der Waals surface area contributed by atoms with E-state index in [-0.39, 0.29) is 5.56 Å². The number of aromatic nitrogens is 2. The third-order valence-electron chi connectivity index (χ3n) is 3.57. The summed E-state index contributed by atoms with van der Waals surface area (Å²) >= 11 is 5.92. The quantitative estimate of drug-likeness (QED) is 0.726. The molecule has 0 aliphatic carbocycles. The Hall–Kier alpha value is -2.13. The van der Waals surface area contributed by atoms with Gasteiger partial charge in [-0.15, -0.1) is 0 Å². The van der Waals surface area contributed by atoms with Gasteiger partial charge in [-0.3, -0.25) is 4.79 Å². The maximum absolute atomic E-state index is 12.2. The molecule has 3 nitrogen and oxygen atoms in total. The van der Waals surface area contributed by atoms with Crippen LogP contribution in [-0.4, -0.2) is 9.78 Å². The van der Waals surface area contributed by atoms with Gasteiger partial charge in [0.05, 0.1) is 11.1 Å². The van der Waals surface area contributed by atoms with Gasteiger partial charge in [-0.1, -0.05) is 35.4 Å². The van der Waals surface area contributed by atoms with E-state index in [1.54, 1.807) is 7.05 Å². The SMILES string of the molecule is Cc1ccc2c(=O)n(C)nc(Cc3ccc(Cl)cc3)c2c1. The Kier molecular flexibility index (Phi) is 3.52. The van der Waals surface area contributed by atoms with Crippen molar-refractivity contribution in [3.05, 3.63) is 74.7 Å². The highest BCUT2D eigenvalue weighted by atomic mass is 35.5. The lowest BCUT2D eigenvalue weighted by atomic mass is 10.0. The number of nitrogens with zero attached hydrogens (tertiary/aromatic N) is 2. The maximum Gasteiger partial charge on any atom is 0.274 e. The Bertz CT molecular complexity index is 866. The molecule has 3 rings (SSSR count). The fraction of sp³-hybridized carbons (Fsp3) is 0.176. The molecular formula is C17H15ClN2O. The first-order valence-corrected chi connectivity index (χ1v) is 7.13. The number of fused-ring (bicyclic) bond motifs is 1. The predicted octanol–water partition coefficient (Wildman–Crippen LogP) is 3.49. The van der Waals surface area contributed by atoms with Crippen LogP contribution in [0, 0.1) is 6.92 Å². The molecule has 4 heteroatoms. The van der Waals surface area contributed by atoms with E-state index in [4.69, 9.17) is 11.6 Å². The van der Waals surface area contributed by atoms with Crippen LogP contribution in [0.2, 0.25) is 5.02 Å². The number of halogens is 1. The van der Waals surface area contributed by atoms with Crippen molar-refractivity contribution >= 4 is 22.4 Å². The third-order valence-corrected chi connectivity index (χ3v) is 3.82. The molecule has 0 saturated heterocycles. The summed E-state index contributed by atoms with van der Waals surface area (Å²) in [5, 5.41) is 6.78. The van der Waals surface area contributed by atoms with Crippen LogP contribution in [0.15, 0.2) is 47.3 Å². The Morgan fingerprint density at radius 3 is 2.52 bits per heavy atom. The van der Waals surface area contributed by atoms with E-state index >= 15 is 0 Å². The smallest absolute Gasteiger partial charge is 0.267 e. The average Bonchev–Trinajstić information content (AvgIpc) is 2.47. The minimum Gasteiger partial charge on any atom is -0.267 e. The van der Waals surface area contributed by atoms with Crippen LogP contribution in [0.25, 0.3) is 10.8 Å². The van der Waals surface area contributed by atoms with Gasteiger partial charge in [0, 0.05) is 23.9 Å². The van der Waals surface area contributed by atoms with Gasteiger partial charge in [-0.2, -0.15) is 5.10 Å². The van der Waals surface area contributed by atoms with Gasteiger partial charge in [0.2, 0.25) is 0 Å². The van der Waals surface area contributed by atoms with Crippen LogP contribution in [0.4, 0.5) is 0 Å². The number of hydrogen-bond donors (Lipinski definition) is 0. The van der Waals surface area contributed by atoms with E-state index in [0.29, 0.717) is 16.8 Å². The van der Waals surface area contributed by atoms with E-state index < -0.39 is 0 Å². The fourth-order valence-electron chi connectivity index (χ4n) is 2.46. The van der Waals surface area contributed by atoms with Crippen molar-refractivity contribution in [3.63, 3.8) is 0 Å². The first-order chi connectivity index (χ1) is 10.0. The van der Waals surface area contributed by atoms with Gasteiger partial charge in [0.25, 0.3) is 5.56 Å². The number of benzene rings is 2. The second kappa shape index (κ2) is 5.34. The maximum atomic E-state index is 12.2. The minimum absolute atomic E-state index is 0.0649. The number of rotatable bonds is 2. The summed E-state index contributed by atoms with van der Waals surface area (Å²) in [4.78, 5) is 12.2. The van der Waals surface area contributed by atoms with Crippen LogP contribution >= 0.6 is 11.6 Å². The summed E-state index contributed by atoms with van der Waals surface area (Å²) < 4.78 is 1.41. The van der Waals surface area contributed by atoms with Gasteiger partial charge in [0.15, 0.2) is 0 Å². The number of aryl methyl sites for hydroxylation is 2. The van der Waals surface area contributed by atoms with Crippen LogP contribution in [0.5, 0.6) is 0 Å². The van der Waals surface area contributed by atoms with Crippen molar-refractivity contribution < 1.29 is 0 Å². The Balaban J connectivity index is 2.17. The molecule has 1 aromatic heterocycles. The molecule has 0 amide bonds. The highest BCUT2D eigenvalue weighted by Crippen LogP contribution is 2.19. The summed E-state index contributed by atoms with van der Waals surface area (Å²) in [5.74, 6) is 0. The topological polar surface area (TPSA) is 34.9 Å². The van der Waals surface area contributed by atoms with Crippen molar-refractivity contribution in [1.29, 1.82) is 0 Å². The minimum atomic E-state index is -0.0649. The average molecular weight is 299 g/mol. The molecule has 0 bridgehead atoms. The Morgan fingerprint density at radius 1 is 1.10 bits per heavy atom. The summed E-state index contributed by atoms with van der Waals surface area (Å²) in [6, 6.07) is 13.6. The van der Waals surface area contributed by atoms with E-state index in [1.165, 1.54) is 4.68 Å². The Morgan fingerprint density at radius 2 is 1.81 bits per heavy atom. The first-order valence-electron chi connectivity index (χ1n) is 6.75. The lowest BCUT2D eigenvalue weighted by Crippen LogP contribution is -2.21. The molecule has 0 aliphatic heterocycles. The lowest BCUT2D eigenvalue weighted by molar-refractivity contribution is 0.697. The molecule has 0 atom stereocenters. The van der Waals surface area contributed by atoms with Crippen molar-refractivity contribution in [3.8, 4) is 0 Å². The highest BCUT2D eigenvalue weighted by Gasteiger charge is 2.09. The molecule has 2 aromatic carbocycles. The second-order valence-corrected chi connectivity index (χ2v) is 5.66. The highest BCUT2D eigenvalue weighted by molar-refractivity contribution is 6.30. The van der Waals surface area contributed by atoms with Crippen LogP contribution in [0.3, 0.4) is 0 Å². The fourth-order valence-corrected chi connectivity index (χ4v) is 2.59. The molecule has 0 saturated carbocycles. The summed E-state index contributed by atoms with van der Waals surface area (Å²) in [6.07, 6.45) is 0.672. The first kappa shape index (κ1) is 13.8. The van der Waals surface area contributed by atoms with Gasteiger partial charge in [0.1, 0.15) is 0 Å². The van der Waals surface area contributed by atoms with E-state index in [1.807, 2.05) is 49.4 Å². The zero-order chi connectivity index (χ0) is 15.0. The van der Waals surface area contributed by atoms with Crippen molar-refractivity contribution in [2.45, 2.75) is 13.3 Å². The molecule has 0 spiro atoms. The lowest BCUT2D eigenvalue weighted by Gasteiger charge is -2.09. The molecule has 0 radical (unpaired) electrons. The predicted molar refractivity (Wildman–Crippen MR) is 86.0 cm³/mol. The molecule has 106 valence electrons. The third kappa shape index (κ3) is 2.69. The van der Waals surface area contributed by atoms with Gasteiger partial charge in [-0.25, -0.2) is 4.68 Å². The molecule has 21 heavy (non-hydrogen) atoms. The number of hydrogen-bond acceptors (Lipinski definition) is 2. The van der Waals surface area contributed by atoms with Crippen LogP contribution < -0.4 is 5.56 Å². The van der Waals surface area contributed by atoms with Crippen LogP contribution in [0.1, 0.15) is 16.8 Å². The molecule has 0 N–H and O–H groups in total. The normalized spacial score (nSPS) is 11.0. The summed E-state index contributed by atoms with van der Waals surface area (Å²) in [5.41, 5.74) is 3.08. The molecule has 0 unspecified atom stereocenters. The summed E-state index contributed by atoms with van der Waals surface area (Å²) in [6.45, 7) is 2.02. The molecule has 0 aliphatic rings. The van der Waals surface area contributed by atoms with Gasteiger partial charge < -0.3 is 0 Å². The van der Waals surface area contributed by atoms with Gasteiger partial charge in [-0.05, 0) is 36.8 Å². The molecule has 0 fully saturated rings. The van der Waals surface area contributed by atoms with E-state index in [2.05, 4.69) is 5.10 Å². The molecular weight excluding hydrogens is 284 g/mol. The van der Waals surface area contributed by atoms with Crippen molar-refractivity contribution in [2.24, 2.45) is 7.05 Å².